The number of terminal acetylenes is 1. The van der Waals surface area contributed by atoms with Gasteiger partial charge in [0.25, 0.3) is 0 Å². The first kappa shape index (κ1) is 18.8. The van der Waals surface area contributed by atoms with Crippen molar-refractivity contribution in [2.24, 2.45) is 0 Å². The topological polar surface area (TPSA) is 43.4 Å². The van der Waals surface area contributed by atoms with E-state index >= 15 is 0 Å². The Morgan fingerprint density at radius 3 is 2.62 bits per heavy atom. The van der Waals surface area contributed by atoms with E-state index in [1.54, 1.807) is 37.7 Å². The molecule has 1 aromatic rings. The molecule has 110 valence electrons. The number of hydrogen-bond acceptors (Lipinski definition) is 3. The zero-order chi connectivity index (χ0) is 15.9. The first-order valence-electron chi connectivity index (χ1n) is 5.89. The summed E-state index contributed by atoms with van der Waals surface area (Å²) in [4.78, 5) is 20.2. The number of rotatable bonds is 3. The van der Waals surface area contributed by atoms with Crippen LogP contribution in [-0.4, -0.2) is 18.2 Å². The van der Waals surface area contributed by atoms with Gasteiger partial charge in [0.1, 0.15) is 5.75 Å². The van der Waals surface area contributed by atoms with Crippen molar-refractivity contribution in [1.82, 2.24) is 0 Å². The molecule has 1 aromatic carbocycles. The SMILES string of the molecule is C#CC([C-]=O)c1cccc(OC)c1.O=[C]=[Fe].[C-]1=CC=CC1. The van der Waals surface area contributed by atoms with E-state index in [2.05, 4.69) is 33.6 Å². The summed E-state index contributed by atoms with van der Waals surface area (Å²) in [6, 6.07) is 7.09. The number of methoxy groups -OCH3 is 1. The number of carbonyl (C=O) groups excluding carboxylic acids is 2. The van der Waals surface area contributed by atoms with Crippen molar-refractivity contribution in [2.45, 2.75) is 12.3 Å². The minimum atomic E-state index is -0.602. The number of hydrogen-bond donors (Lipinski definition) is 0. The Morgan fingerprint density at radius 2 is 2.24 bits per heavy atom. The Labute approximate surface area is 133 Å². The zero-order valence-electron chi connectivity index (χ0n) is 11.5. The van der Waals surface area contributed by atoms with Gasteiger partial charge in [0.2, 0.25) is 0 Å². The molecule has 0 aliphatic heterocycles. The van der Waals surface area contributed by atoms with Crippen LogP contribution in [0.1, 0.15) is 17.9 Å². The third kappa shape index (κ3) is 8.57. The van der Waals surface area contributed by atoms with Crippen LogP contribution in [0.3, 0.4) is 0 Å². The van der Waals surface area contributed by atoms with Crippen LogP contribution in [0.2, 0.25) is 0 Å². The molecule has 1 aliphatic carbocycles. The fraction of sp³-hybridized carbons (Fsp3) is 0.176. The Hall–Kier alpha value is -2.17. The van der Waals surface area contributed by atoms with Crippen molar-refractivity contribution in [1.29, 1.82) is 0 Å². The maximum Gasteiger partial charge on any atom is -0.109 e. The van der Waals surface area contributed by atoms with Crippen LogP contribution in [0.4, 0.5) is 0 Å². The van der Waals surface area contributed by atoms with Gasteiger partial charge in [0.05, 0.1) is 7.11 Å². The molecule has 0 aromatic heterocycles. The van der Waals surface area contributed by atoms with Crippen LogP contribution in [-0.2, 0) is 25.2 Å². The minimum Gasteiger partial charge on any atom is -0.273 e. The Balaban J connectivity index is 0.000000410. The van der Waals surface area contributed by atoms with Crippen LogP contribution in [0.15, 0.2) is 42.5 Å². The van der Waals surface area contributed by atoms with E-state index in [0.29, 0.717) is 5.75 Å². The van der Waals surface area contributed by atoms with Gasteiger partial charge >= 0.3 is 25.2 Å². The summed E-state index contributed by atoms with van der Waals surface area (Å²) < 4.78 is 5.00. The predicted octanol–water partition coefficient (Wildman–Crippen LogP) is 2.43. The van der Waals surface area contributed by atoms with Crippen molar-refractivity contribution in [3.8, 4) is 18.1 Å². The molecule has 1 aliphatic rings. The smallest absolute Gasteiger partial charge is 0.109 e. The zero-order valence-corrected chi connectivity index (χ0v) is 12.6. The van der Waals surface area contributed by atoms with Crippen molar-refractivity contribution >= 4 is 11.1 Å². The molecule has 0 fully saturated rings. The van der Waals surface area contributed by atoms with Gasteiger partial charge in [-0.3, -0.25) is 6.08 Å². The van der Waals surface area contributed by atoms with Crippen LogP contribution in [0.25, 0.3) is 0 Å². The molecule has 1 unspecified atom stereocenters. The minimum absolute atomic E-state index is 0.602. The maximum atomic E-state index is 10.4. The van der Waals surface area contributed by atoms with E-state index in [1.165, 1.54) is 4.79 Å². The van der Waals surface area contributed by atoms with Gasteiger partial charge in [-0.2, -0.15) is 6.08 Å². The standard InChI is InChI=1S/C11H9O2.C5H5.CO.Fe/c1-3-9(8-12)10-5-4-6-11(7-10)13-2;1-2-4-5-3-1;1-2;/h1,4-7,9H,2H3;1-3H,4H2;;/q2*-1;;. The summed E-state index contributed by atoms with van der Waals surface area (Å²) in [6.07, 6.45) is 16.9. The van der Waals surface area contributed by atoms with Crippen LogP contribution in [0, 0.1) is 18.4 Å². The molecule has 0 N–H and O–H groups in total. The molecule has 0 radical (unpaired) electrons. The van der Waals surface area contributed by atoms with E-state index in [9.17, 15) is 4.79 Å². The molecule has 3 nitrogen and oxygen atoms in total. The van der Waals surface area contributed by atoms with Crippen molar-refractivity contribution in [2.75, 3.05) is 7.11 Å². The van der Waals surface area contributed by atoms with Gasteiger partial charge in [-0.1, -0.05) is 23.6 Å². The van der Waals surface area contributed by atoms with Gasteiger partial charge in [0, 0.05) is 0 Å². The number of ether oxygens (including phenoxy) is 1. The molecule has 4 heteroatoms. The second-order valence-electron chi connectivity index (χ2n) is 3.57. The second-order valence-corrected chi connectivity index (χ2v) is 3.79. The van der Waals surface area contributed by atoms with E-state index in [1.807, 2.05) is 12.2 Å². The Morgan fingerprint density at radius 1 is 1.52 bits per heavy atom. The van der Waals surface area contributed by atoms with E-state index in [4.69, 9.17) is 16.0 Å². The maximum absolute atomic E-state index is 10.4. The van der Waals surface area contributed by atoms with Crippen LogP contribution in [0.5, 0.6) is 5.75 Å². The van der Waals surface area contributed by atoms with Crippen LogP contribution < -0.4 is 4.74 Å². The van der Waals surface area contributed by atoms with E-state index in [-0.39, 0.29) is 0 Å². The molecular weight excluding hydrogens is 308 g/mol. The van der Waals surface area contributed by atoms with Gasteiger partial charge in [-0.25, -0.2) is 18.4 Å². The predicted molar refractivity (Wildman–Crippen MR) is 77.5 cm³/mol. The molecule has 0 bridgehead atoms. The third-order valence-electron chi connectivity index (χ3n) is 2.30. The van der Waals surface area contributed by atoms with Crippen molar-refractivity contribution in [3.63, 3.8) is 0 Å². The molecule has 0 heterocycles. The van der Waals surface area contributed by atoms with Crippen molar-refractivity contribution < 1.29 is 29.9 Å². The summed E-state index contributed by atoms with van der Waals surface area (Å²) in [5.41, 5.74) is 0.733. The van der Waals surface area contributed by atoms with E-state index < -0.39 is 5.92 Å². The van der Waals surface area contributed by atoms with Crippen LogP contribution >= 0.6 is 0 Å². The normalized spacial score (nSPS) is 11.7. The fourth-order valence-corrected chi connectivity index (χ4v) is 1.36. The average molecular weight is 322 g/mol. The molecule has 1 atom stereocenters. The number of benzene rings is 1. The first-order valence-corrected chi connectivity index (χ1v) is 6.44. The average Bonchev–Trinajstić information content (AvgIpc) is 3.09. The Kier molecular flexibility index (Phi) is 11.5. The summed E-state index contributed by atoms with van der Waals surface area (Å²) in [7, 11) is 1.56. The summed E-state index contributed by atoms with van der Waals surface area (Å²) >= 11 is 2.68. The summed E-state index contributed by atoms with van der Waals surface area (Å²) in [5, 5.41) is 0. The Bertz CT molecular complexity index is 552. The second kappa shape index (κ2) is 12.8. The van der Waals surface area contributed by atoms with Gasteiger partial charge in [-0.15, -0.1) is 18.8 Å². The van der Waals surface area contributed by atoms with Gasteiger partial charge in [0.15, 0.2) is 0 Å². The van der Waals surface area contributed by atoms with Gasteiger partial charge < -0.3 is 9.53 Å². The molecule has 2 rings (SSSR count). The molecule has 21 heavy (non-hydrogen) atoms. The molecule has 0 saturated heterocycles. The quantitative estimate of drug-likeness (QED) is 0.488. The van der Waals surface area contributed by atoms with Crippen molar-refractivity contribution in [3.05, 3.63) is 54.1 Å². The monoisotopic (exact) mass is 322 g/mol. The molecule has 0 saturated carbocycles. The molecule has 0 spiro atoms. The third-order valence-corrected chi connectivity index (χ3v) is 2.30. The van der Waals surface area contributed by atoms with Gasteiger partial charge in [-0.05, 0) is 12.1 Å². The summed E-state index contributed by atoms with van der Waals surface area (Å²) in [5.74, 6) is 2.43. The first-order chi connectivity index (χ1) is 10.2. The number of allylic oxidation sites excluding steroid dienone is 4. The molecular formula is C17H14FeO3-2. The largest absolute Gasteiger partial charge is 0.273 e. The van der Waals surface area contributed by atoms with E-state index in [0.717, 1.165) is 12.0 Å². The molecule has 0 amide bonds. The summed E-state index contributed by atoms with van der Waals surface area (Å²) in [6.45, 7) is 0. The fourth-order valence-electron chi connectivity index (χ4n) is 1.36.